The van der Waals surface area contributed by atoms with Gasteiger partial charge in [-0.25, -0.2) is 4.39 Å². The third-order valence-electron chi connectivity index (χ3n) is 3.46. The molecule has 5 heteroatoms. The zero-order chi connectivity index (χ0) is 16.3. The lowest BCUT2D eigenvalue weighted by molar-refractivity contribution is 0.102. The number of nitrogens with one attached hydrogen (secondary N) is 1. The van der Waals surface area contributed by atoms with E-state index in [1.165, 1.54) is 26.4 Å². The van der Waals surface area contributed by atoms with Crippen LogP contribution in [0, 0.1) is 19.7 Å². The number of aryl methyl sites for hydroxylation is 1. The Morgan fingerprint density at radius 3 is 2.18 bits per heavy atom. The Morgan fingerprint density at radius 1 is 1.05 bits per heavy atom. The van der Waals surface area contributed by atoms with Crippen LogP contribution in [0.2, 0.25) is 0 Å². The summed E-state index contributed by atoms with van der Waals surface area (Å²) < 4.78 is 23.8. The molecule has 0 unspecified atom stereocenters. The van der Waals surface area contributed by atoms with Crippen LogP contribution >= 0.6 is 0 Å². The van der Waals surface area contributed by atoms with Crippen molar-refractivity contribution in [3.8, 4) is 11.5 Å². The lowest BCUT2D eigenvalue weighted by atomic mass is 10.1. The number of amides is 1. The molecule has 0 aliphatic carbocycles. The fraction of sp³-hybridized carbons (Fsp3) is 0.235. The molecule has 116 valence electrons. The summed E-state index contributed by atoms with van der Waals surface area (Å²) in [6.45, 7) is 3.64. The van der Waals surface area contributed by atoms with Crippen molar-refractivity contribution in [2.75, 3.05) is 19.5 Å². The standard InChI is InChI=1S/C17H18FNO3/c1-10-5-6-13(18)9-14(10)19-17(20)12-7-15(21-3)11(2)16(8-12)22-4/h5-9H,1-4H3,(H,19,20). The molecule has 0 atom stereocenters. The average Bonchev–Trinajstić information content (AvgIpc) is 2.51. The number of rotatable bonds is 4. The van der Waals surface area contributed by atoms with Gasteiger partial charge >= 0.3 is 0 Å². The number of halogens is 1. The molecule has 0 radical (unpaired) electrons. The van der Waals surface area contributed by atoms with E-state index >= 15 is 0 Å². The zero-order valence-corrected chi connectivity index (χ0v) is 13.0. The van der Waals surface area contributed by atoms with E-state index in [-0.39, 0.29) is 5.91 Å². The van der Waals surface area contributed by atoms with Crippen LogP contribution in [0.25, 0.3) is 0 Å². The maximum Gasteiger partial charge on any atom is 0.255 e. The van der Waals surface area contributed by atoms with Gasteiger partial charge < -0.3 is 14.8 Å². The summed E-state index contributed by atoms with van der Waals surface area (Å²) in [5.74, 6) is 0.353. The minimum Gasteiger partial charge on any atom is -0.496 e. The fourth-order valence-electron chi connectivity index (χ4n) is 2.14. The van der Waals surface area contributed by atoms with Gasteiger partial charge in [0.1, 0.15) is 17.3 Å². The van der Waals surface area contributed by atoms with Crippen LogP contribution in [-0.4, -0.2) is 20.1 Å². The molecule has 0 bridgehead atoms. The minimum absolute atomic E-state index is 0.356. The van der Waals surface area contributed by atoms with E-state index in [0.29, 0.717) is 22.7 Å². The largest absolute Gasteiger partial charge is 0.496 e. The van der Waals surface area contributed by atoms with Crippen molar-refractivity contribution in [1.29, 1.82) is 0 Å². The predicted molar refractivity (Wildman–Crippen MR) is 83.4 cm³/mol. The van der Waals surface area contributed by atoms with Crippen LogP contribution in [0.3, 0.4) is 0 Å². The molecule has 0 aliphatic rings. The fourth-order valence-corrected chi connectivity index (χ4v) is 2.14. The normalized spacial score (nSPS) is 10.2. The highest BCUT2D eigenvalue weighted by atomic mass is 19.1. The Bertz CT molecular complexity index is 688. The third-order valence-corrected chi connectivity index (χ3v) is 3.46. The van der Waals surface area contributed by atoms with E-state index < -0.39 is 5.82 Å². The van der Waals surface area contributed by atoms with Gasteiger partial charge in [-0.1, -0.05) is 6.07 Å². The van der Waals surface area contributed by atoms with E-state index in [0.717, 1.165) is 11.1 Å². The van der Waals surface area contributed by atoms with Gasteiger partial charge in [-0.15, -0.1) is 0 Å². The van der Waals surface area contributed by atoms with E-state index in [2.05, 4.69) is 5.32 Å². The van der Waals surface area contributed by atoms with Gasteiger partial charge in [-0.2, -0.15) is 0 Å². The molecule has 4 nitrogen and oxygen atoms in total. The number of carbonyl (C=O) groups is 1. The van der Waals surface area contributed by atoms with Crippen LogP contribution in [-0.2, 0) is 0 Å². The molecule has 2 aromatic carbocycles. The first-order valence-corrected chi connectivity index (χ1v) is 6.76. The Morgan fingerprint density at radius 2 is 1.64 bits per heavy atom. The first-order valence-electron chi connectivity index (χ1n) is 6.76. The summed E-state index contributed by atoms with van der Waals surface area (Å²) in [5.41, 5.74) is 2.40. The Kier molecular flexibility index (Phi) is 4.65. The molecular formula is C17H18FNO3. The first-order chi connectivity index (χ1) is 10.5. The van der Waals surface area contributed by atoms with Crippen molar-refractivity contribution in [2.45, 2.75) is 13.8 Å². The summed E-state index contributed by atoms with van der Waals surface area (Å²) in [6, 6.07) is 7.50. The molecule has 0 spiro atoms. The lowest BCUT2D eigenvalue weighted by Gasteiger charge is -2.13. The minimum atomic E-state index is -0.403. The molecule has 0 saturated heterocycles. The van der Waals surface area contributed by atoms with E-state index in [1.54, 1.807) is 25.1 Å². The topological polar surface area (TPSA) is 47.6 Å². The third kappa shape index (κ3) is 3.19. The summed E-state index contributed by atoms with van der Waals surface area (Å²) >= 11 is 0. The molecule has 2 aromatic rings. The average molecular weight is 303 g/mol. The number of anilines is 1. The second-order valence-corrected chi connectivity index (χ2v) is 4.92. The number of methoxy groups -OCH3 is 2. The van der Waals surface area contributed by atoms with Gasteiger partial charge in [-0.3, -0.25) is 4.79 Å². The molecule has 0 aromatic heterocycles. The molecule has 1 amide bonds. The predicted octanol–water partition coefficient (Wildman–Crippen LogP) is 3.71. The zero-order valence-electron chi connectivity index (χ0n) is 13.0. The summed E-state index contributed by atoms with van der Waals surface area (Å²) in [7, 11) is 3.06. The molecule has 1 N–H and O–H groups in total. The maximum atomic E-state index is 13.3. The quantitative estimate of drug-likeness (QED) is 0.936. The van der Waals surface area contributed by atoms with Crippen molar-refractivity contribution in [2.24, 2.45) is 0 Å². The van der Waals surface area contributed by atoms with Crippen molar-refractivity contribution < 1.29 is 18.7 Å². The van der Waals surface area contributed by atoms with Crippen LogP contribution < -0.4 is 14.8 Å². The monoisotopic (exact) mass is 303 g/mol. The Balaban J connectivity index is 2.35. The van der Waals surface area contributed by atoms with E-state index in [4.69, 9.17) is 9.47 Å². The number of benzene rings is 2. The number of hydrogen-bond donors (Lipinski definition) is 1. The number of ether oxygens (including phenoxy) is 2. The lowest BCUT2D eigenvalue weighted by Crippen LogP contribution is -2.13. The highest BCUT2D eigenvalue weighted by Crippen LogP contribution is 2.30. The van der Waals surface area contributed by atoms with Crippen LogP contribution in [0.4, 0.5) is 10.1 Å². The molecular weight excluding hydrogens is 285 g/mol. The summed E-state index contributed by atoms with van der Waals surface area (Å²) in [5, 5.41) is 2.70. The second kappa shape index (κ2) is 6.47. The SMILES string of the molecule is COc1cc(C(=O)Nc2cc(F)ccc2C)cc(OC)c1C. The Hall–Kier alpha value is -2.56. The molecule has 0 heterocycles. The van der Waals surface area contributed by atoms with Gasteiger partial charge in [-0.05, 0) is 43.7 Å². The second-order valence-electron chi connectivity index (χ2n) is 4.92. The highest BCUT2D eigenvalue weighted by molar-refractivity contribution is 6.05. The molecule has 0 aliphatic heterocycles. The van der Waals surface area contributed by atoms with E-state index in [1.807, 2.05) is 6.92 Å². The highest BCUT2D eigenvalue weighted by Gasteiger charge is 2.14. The Labute approximate surface area is 128 Å². The van der Waals surface area contributed by atoms with E-state index in [9.17, 15) is 9.18 Å². The van der Waals surface area contributed by atoms with Crippen molar-refractivity contribution in [1.82, 2.24) is 0 Å². The van der Waals surface area contributed by atoms with Gasteiger partial charge in [0, 0.05) is 16.8 Å². The summed E-state index contributed by atoms with van der Waals surface area (Å²) in [4.78, 5) is 12.4. The molecule has 2 rings (SSSR count). The van der Waals surface area contributed by atoms with Gasteiger partial charge in [0.2, 0.25) is 0 Å². The van der Waals surface area contributed by atoms with Crippen molar-refractivity contribution in [3.63, 3.8) is 0 Å². The number of carbonyl (C=O) groups excluding carboxylic acids is 1. The van der Waals surface area contributed by atoms with Crippen molar-refractivity contribution in [3.05, 3.63) is 52.8 Å². The van der Waals surface area contributed by atoms with Crippen LogP contribution in [0.1, 0.15) is 21.5 Å². The first kappa shape index (κ1) is 15.8. The van der Waals surface area contributed by atoms with Gasteiger partial charge in [0.05, 0.1) is 14.2 Å². The summed E-state index contributed by atoms with van der Waals surface area (Å²) in [6.07, 6.45) is 0. The van der Waals surface area contributed by atoms with Gasteiger partial charge in [0.25, 0.3) is 5.91 Å². The molecule has 22 heavy (non-hydrogen) atoms. The van der Waals surface area contributed by atoms with Crippen molar-refractivity contribution >= 4 is 11.6 Å². The smallest absolute Gasteiger partial charge is 0.255 e. The van der Waals surface area contributed by atoms with Gasteiger partial charge in [0.15, 0.2) is 0 Å². The molecule has 0 saturated carbocycles. The molecule has 0 fully saturated rings. The van der Waals surface area contributed by atoms with Crippen LogP contribution in [0.15, 0.2) is 30.3 Å². The maximum absolute atomic E-state index is 13.3. The number of hydrogen-bond acceptors (Lipinski definition) is 3. The van der Waals surface area contributed by atoms with Crippen LogP contribution in [0.5, 0.6) is 11.5 Å².